The summed E-state index contributed by atoms with van der Waals surface area (Å²) in [4.78, 5) is 10.6. The molecular formula is C9H11NaO4. The molecule has 0 atom stereocenters. The molecule has 0 aliphatic rings. The Morgan fingerprint density at radius 2 is 1.71 bits per heavy atom. The van der Waals surface area contributed by atoms with Crippen molar-refractivity contribution in [2.75, 3.05) is 14.2 Å². The van der Waals surface area contributed by atoms with E-state index in [1.807, 2.05) is 0 Å². The number of benzene rings is 1. The van der Waals surface area contributed by atoms with E-state index in [-0.39, 0.29) is 36.7 Å². The van der Waals surface area contributed by atoms with Gasteiger partial charge in [0, 0.05) is 12.1 Å². The quantitative estimate of drug-likeness (QED) is 0.475. The van der Waals surface area contributed by atoms with Crippen LogP contribution >= 0.6 is 0 Å². The van der Waals surface area contributed by atoms with Crippen LogP contribution < -0.4 is 39.0 Å². The predicted octanol–water partition coefficient (Wildman–Crippen LogP) is -1.66. The summed E-state index contributed by atoms with van der Waals surface area (Å²) in [6, 6.07) is 2.71. The minimum absolute atomic E-state index is 0. The number of aldehydes is 1. The summed E-state index contributed by atoms with van der Waals surface area (Å²) in [5, 5.41) is 9.20. The first-order valence-electron chi connectivity index (χ1n) is 3.63. The summed E-state index contributed by atoms with van der Waals surface area (Å²) >= 11 is 0. The minimum Gasteiger partial charge on any atom is -1.00 e. The van der Waals surface area contributed by atoms with Gasteiger partial charge in [-0.2, -0.15) is 0 Å². The third kappa shape index (κ3) is 2.64. The van der Waals surface area contributed by atoms with Gasteiger partial charge in [0.15, 0.2) is 6.29 Å². The molecule has 4 nitrogen and oxygen atoms in total. The molecule has 0 fully saturated rings. The molecule has 1 aromatic rings. The summed E-state index contributed by atoms with van der Waals surface area (Å²) in [5.41, 5.74) is 0.294. The van der Waals surface area contributed by atoms with Crippen LogP contribution in [-0.4, -0.2) is 25.6 Å². The van der Waals surface area contributed by atoms with Crippen molar-refractivity contribution in [1.82, 2.24) is 0 Å². The van der Waals surface area contributed by atoms with Crippen LogP contribution in [0.1, 0.15) is 11.8 Å². The summed E-state index contributed by atoms with van der Waals surface area (Å²) in [6.07, 6.45) is 0.622. The number of hydrogen-bond donors (Lipinski definition) is 1. The van der Waals surface area contributed by atoms with Crippen molar-refractivity contribution < 1.29 is 50.4 Å². The van der Waals surface area contributed by atoms with Gasteiger partial charge in [-0.15, -0.1) is 0 Å². The molecule has 0 amide bonds. The Balaban J connectivity index is 0. The molecule has 0 bridgehead atoms. The first kappa shape index (κ1) is 13.3. The zero-order valence-electron chi connectivity index (χ0n) is 9.40. The fourth-order valence-corrected chi connectivity index (χ4v) is 1.04. The van der Waals surface area contributed by atoms with Crippen molar-refractivity contribution in [2.45, 2.75) is 0 Å². The minimum atomic E-state index is -0.000648. The van der Waals surface area contributed by atoms with Crippen molar-refractivity contribution in [3.63, 3.8) is 0 Å². The van der Waals surface area contributed by atoms with Crippen LogP contribution in [-0.2, 0) is 0 Å². The average Bonchev–Trinajstić information content (AvgIpc) is 2.16. The molecule has 0 saturated carbocycles. The molecule has 0 unspecified atom stereocenters. The van der Waals surface area contributed by atoms with Crippen LogP contribution in [0.2, 0.25) is 0 Å². The Labute approximate surface area is 106 Å². The maximum absolute atomic E-state index is 10.6. The predicted molar refractivity (Wildman–Crippen MR) is 47.7 cm³/mol. The van der Waals surface area contributed by atoms with E-state index in [1.165, 1.54) is 26.4 Å². The Morgan fingerprint density at radius 1 is 1.29 bits per heavy atom. The fourth-order valence-electron chi connectivity index (χ4n) is 1.04. The molecule has 1 N–H and O–H groups in total. The Hall–Kier alpha value is -0.710. The smallest absolute Gasteiger partial charge is 1.00 e. The molecule has 1 rings (SSSR count). The molecule has 0 aromatic heterocycles. The number of ether oxygens (including phenoxy) is 2. The van der Waals surface area contributed by atoms with Gasteiger partial charge in [-0.05, 0) is 0 Å². The van der Waals surface area contributed by atoms with E-state index in [0.29, 0.717) is 23.3 Å². The molecule has 0 aliphatic heterocycles. The van der Waals surface area contributed by atoms with Gasteiger partial charge in [0.1, 0.15) is 17.2 Å². The van der Waals surface area contributed by atoms with Crippen molar-refractivity contribution in [3.8, 4) is 17.2 Å². The Kier molecular flexibility index (Phi) is 5.60. The number of hydrogen-bond acceptors (Lipinski definition) is 4. The van der Waals surface area contributed by atoms with E-state index >= 15 is 0 Å². The molecule has 5 heteroatoms. The third-order valence-electron chi connectivity index (χ3n) is 1.65. The maximum Gasteiger partial charge on any atom is 1.00 e. The molecule has 0 radical (unpaired) electrons. The van der Waals surface area contributed by atoms with Crippen LogP contribution in [0, 0.1) is 0 Å². The first-order chi connectivity index (χ1) is 6.22. The summed E-state index contributed by atoms with van der Waals surface area (Å²) in [5.74, 6) is 0.595. The van der Waals surface area contributed by atoms with Crippen LogP contribution in [0.3, 0.4) is 0 Å². The monoisotopic (exact) mass is 206 g/mol. The van der Waals surface area contributed by atoms with Crippen LogP contribution in [0.25, 0.3) is 0 Å². The summed E-state index contributed by atoms with van der Waals surface area (Å²) < 4.78 is 9.78. The number of methoxy groups -OCH3 is 2. The molecule has 0 saturated heterocycles. The van der Waals surface area contributed by atoms with E-state index < -0.39 is 0 Å². The number of aromatic hydroxyl groups is 1. The van der Waals surface area contributed by atoms with Crippen molar-refractivity contribution in [2.24, 2.45) is 0 Å². The van der Waals surface area contributed by atoms with Crippen LogP contribution in [0.4, 0.5) is 0 Å². The molecule has 72 valence electrons. The number of phenolic OH excluding ortho intramolecular Hbond substituents is 1. The average molecular weight is 206 g/mol. The largest absolute Gasteiger partial charge is 1.00 e. The van der Waals surface area contributed by atoms with E-state index in [4.69, 9.17) is 9.47 Å². The van der Waals surface area contributed by atoms with Gasteiger partial charge in [-0.25, -0.2) is 0 Å². The van der Waals surface area contributed by atoms with E-state index in [2.05, 4.69) is 0 Å². The maximum atomic E-state index is 10.6. The second-order valence-electron chi connectivity index (χ2n) is 2.38. The number of phenols is 1. The number of rotatable bonds is 3. The third-order valence-corrected chi connectivity index (χ3v) is 1.65. The second-order valence-corrected chi connectivity index (χ2v) is 2.38. The molecule has 0 heterocycles. The second kappa shape index (κ2) is 5.90. The van der Waals surface area contributed by atoms with Crippen molar-refractivity contribution in [3.05, 3.63) is 17.7 Å². The Bertz CT molecular complexity index is 305. The van der Waals surface area contributed by atoms with E-state index in [1.54, 1.807) is 0 Å². The molecule has 0 aliphatic carbocycles. The van der Waals surface area contributed by atoms with Gasteiger partial charge in [0.05, 0.1) is 19.8 Å². The molecular weight excluding hydrogens is 195 g/mol. The van der Waals surface area contributed by atoms with Gasteiger partial charge in [-0.1, -0.05) is 0 Å². The zero-order valence-corrected chi connectivity index (χ0v) is 10.4. The Morgan fingerprint density at radius 3 is 2.00 bits per heavy atom. The van der Waals surface area contributed by atoms with Crippen LogP contribution in [0.15, 0.2) is 12.1 Å². The van der Waals surface area contributed by atoms with Gasteiger partial charge in [0.2, 0.25) is 0 Å². The van der Waals surface area contributed by atoms with Crippen molar-refractivity contribution in [1.29, 1.82) is 0 Å². The van der Waals surface area contributed by atoms with E-state index in [0.717, 1.165) is 0 Å². The van der Waals surface area contributed by atoms with Gasteiger partial charge < -0.3 is 16.0 Å². The zero-order chi connectivity index (χ0) is 9.84. The van der Waals surface area contributed by atoms with Gasteiger partial charge in [0.25, 0.3) is 0 Å². The van der Waals surface area contributed by atoms with E-state index in [9.17, 15) is 9.90 Å². The van der Waals surface area contributed by atoms with Crippen molar-refractivity contribution >= 4 is 6.29 Å². The van der Waals surface area contributed by atoms with Crippen LogP contribution in [0.5, 0.6) is 17.2 Å². The molecule has 1 aromatic carbocycles. The topological polar surface area (TPSA) is 55.8 Å². The molecule has 14 heavy (non-hydrogen) atoms. The molecule has 0 spiro atoms. The SMILES string of the molecule is COc1cc(O)cc(OC)c1C=O.[H-].[Na+]. The standard InChI is InChI=1S/C9H10O4.Na.H/c1-12-8-3-6(11)4-9(13-2)7(8)5-10;;/h3-5,11H,1-2H3;;/q;+1;-1. The normalized spacial score (nSPS) is 8.71. The summed E-state index contributed by atoms with van der Waals surface area (Å²) in [6.45, 7) is 0. The van der Waals surface area contributed by atoms with Gasteiger partial charge in [-0.3, -0.25) is 4.79 Å². The fraction of sp³-hybridized carbons (Fsp3) is 0.222. The number of carbonyl (C=O) groups excluding carboxylic acids is 1. The summed E-state index contributed by atoms with van der Waals surface area (Å²) in [7, 11) is 2.84. The number of carbonyl (C=O) groups is 1. The van der Waals surface area contributed by atoms with Gasteiger partial charge >= 0.3 is 29.6 Å². The first-order valence-corrected chi connectivity index (χ1v) is 3.63.